The van der Waals surface area contributed by atoms with E-state index in [0.717, 1.165) is 0 Å². The van der Waals surface area contributed by atoms with E-state index in [2.05, 4.69) is 0 Å². The lowest BCUT2D eigenvalue weighted by atomic mass is 10.0. The molecule has 7 heteroatoms. The molecular formula is C15H28N4O3. The monoisotopic (exact) mass is 312 g/mol. The van der Waals surface area contributed by atoms with Crippen molar-refractivity contribution < 1.29 is 14.3 Å². The van der Waals surface area contributed by atoms with Crippen LogP contribution in [0.5, 0.6) is 0 Å². The Morgan fingerprint density at radius 3 is 1.95 bits per heavy atom. The molecule has 0 saturated carbocycles. The van der Waals surface area contributed by atoms with E-state index in [-0.39, 0.29) is 18.2 Å². The summed E-state index contributed by atoms with van der Waals surface area (Å²) in [6.07, 6.45) is -0.452. The lowest BCUT2D eigenvalue weighted by Crippen LogP contribution is -2.48. The van der Waals surface area contributed by atoms with Gasteiger partial charge in [0.2, 0.25) is 0 Å². The highest BCUT2D eigenvalue weighted by Crippen LogP contribution is 2.32. The fourth-order valence-corrected chi connectivity index (χ4v) is 1.80. The molecule has 5 N–H and O–H groups in total. The maximum absolute atomic E-state index is 12.1. The van der Waals surface area contributed by atoms with Crippen molar-refractivity contribution in [1.29, 1.82) is 5.41 Å². The summed E-state index contributed by atoms with van der Waals surface area (Å²) in [7, 11) is 0. The van der Waals surface area contributed by atoms with Crippen molar-refractivity contribution in [3.8, 4) is 0 Å². The molecule has 1 aliphatic heterocycles. The Bertz CT molecular complexity index is 497. The standard InChI is InChI=1S/C12H22N4O2.C3H6O/c1-11(2,3)18-10(17)16-6-7(9(14)15)8(13)12(16,4)5;1-3(2)4/h6,13H2,1-5H3,(H3,14,15);1-2H3. The molecule has 22 heavy (non-hydrogen) atoms. The first-order valence-electron chi connectivity index (χ1n) is 7.01. The number of carbonyl (C=O) groups is 2. The van der Waals surface area contributed by atoms with Crippen molar-refractivity contribution in [1.82, 2.24) is 4.90 Å². The average Bonchev–Trinajstić information content (AvgIpc) is 2.47. The van der Waals surface area contributed by atoms with Gasteiger partial charge in [-0.15, -0.1) is 0 Å². The minimum atomic E-state index is -0.691. The summed E-state index contributed by atoms with van der Waals surface area (Å²) in [5.41, 5.74) is 11.1. The first-order chi connectivity index (χ1) is 9.70. The van der Waals surface area contributed by atoms with Gasteiger partial charge >= 0.3 is 6.09 Å². The molecule has 0 atom stereocenters. The Morgan fingerprint density at radius 1 is 1.27 bits per heavy atom. The highest BCUT2D eigenvalue weighted by Gasteiger charge is 2.43. The van der Waals surface area contributed by atoms with E-state index >= 15 is 0 Å². The number of nitrogens with two attached hydrogens (primary N) is 2. The van der Waals surface area contributed by atoms with Crippen LogP contribution in [0.2, 0.25) is 0 Å². The maximum Gasteiger partial charge on any atom is 0.411 e. The predicted octanol–water partition coefficient (Wildman–Crippen LogP) is 1.76. The van der Waals surface area contributed by atoms with Crippen molar-refractivity contribution in [2.75, 3.05) is 6.54 Å². The summed E-state index contributed by atoms with van der Waals surface area (Å²) in [6.45, 7) is 12.3. The van der Waals surface area contributed by atoms with Gasteiger partial charge in [0.15, 0.2) is 0 Å². The van der Waals surface area contributed by atoms with E-state index in [4.69, 9.17) is 21.6 Å². The van der Waals surface area contributed by atoms with Crippen molar-refractivity contribution in [3.63, 3.8) is 0 Å². The molecule has 1 aliphatic rings. The van der Waals surface area contributed by atoms with Crippen LogP contribution in [-0.2, 0) is 9.53 Å². The molecule has 0 spiro atoms. The highest BCUT2D eigenvalue weighted by atomic mass is 16.6. The molecule has 1 amide bonds. The zero-order chi connectivity index (χ0) is 17.9. The van der Waals surface area contributed by atoms with E-state index < -0.39 is 17.2 Å². The number of ketones is 1. The minimum Gasteiger partial charge on any atom is -0.444 e. The Labute approximate surface area is 132 Å². The molecule has 0 aliphatic carbocycles. The molecule has 7 nitrogen and oxygen atoms in total. The number of rotatable bonds is 1. The molecule has 0 aromatic heterocycles. The largest absolute Gasteiger partial charge is 0.444 e. The van der Waals surface area contributed by atoms with Crippen molar-refractivity contribution in [3.05, 3.63) is 11.3 Å². The molecule has 0 unspecified atom stereocenters. The Morgan fingerprint density at radius 2 is 1.68 bits per heavy atom. The van der Waals surface area contributed by atoms with Crippen molar-refractivity contribution >= 4 is 17.7 Å². The summed E-state index contributed by atoms with van der Waals surface area (Å²) in [5, 5.41) is 7.47. The van der Waals surface area contributed by atoms with Crippen LogP contribution in [0.25, 0.3) is 0 Å². The SMILES string of the molecule is CC(C)(C)OC(=O)N1CC(C(=N)N)=C(N)C1(C)C.CC(C)=O. The van der Waals surface area contributed by atoms with Crippen LogP contribution in [0.1, 0.15) is 48.5 Å². The fourth-order valence-electron chi connectivity index (χ4n) is 1.80. The van der Waals surface area contributed by atoms with Crippen LogP contribution in [0.15, 0.2) is 11.3 Å². The first-order valence-corrected chi connectivity index (χ1v) is 7.01. The molecule has 0 radical (unpaired) electrons. The van der Waals surface area contributed by atoms with Crippen LogP contribution in [0.4, 0.5) is 4.79 Å². The number of hydrogen-bond acceptors (Lipinski definition) is 5. The summed E-state index contributed by atoms with van der Waals surface area (Å²) < 4.78 is 5.33. The van der Waals surface area contributed by atoms with Gasteiger partial charge in [0.05, 0.1) is 12.1 Å². The molecule has 1 rings (SSSR count). The van der Waals surface area contributed by atoms with Crippen LogP contribution in [-0.4, -0.2) is 40.3 Å². The maximum atomic E-state index is 12.1. The normalized spacial score (nSPS) is 16.8. The van der Waals surface area contributed by atoms with E-state index in [0.29, 0.717) is 11.3 Å². The summed E-state index contributed by atoms with van der Waals surface area (Å²) in [5.74, 6) is 0.0617. The van der Waals surface area contributed by atoms with Gasteiger partial charge in [-0.25, -0.2) is 4.79 Å². The number of ether oxygens (including phenoxy) is 1. The van der Waals surface area contributed by atoms with Crippen molar-refractivity contribution in [2.24, 2.45) is 11.5 Å². The molecule has 0 fully saturated rings. The first kappa shape index (κ1) is 19.9. The Balaban J connectivity index is 0.000000980. The second kappa shape index (κ2) is 6.81. The average molecular weight is 312 g/mol. The highest BCUT2D eigenvalue weighted by molar-refractivity contribution is 5.97. The van der Waals surface area contributed by atoms with Gasteiger partial charge in [-0.05, 0) is 48.5 Å². The Kier molecular flexibility index (Phi) is 6.17. The van der Waals surface area contributed by atoms with Gasteiger partial charge in [-0.2, -0.15) is 0 Å². The zero-order valence-electron chi connectivity index (χ0n) is 14.5. The lowest BCUT2D eigenvalue weighted by molar-refractivity contribution is -0.115. The van der Waals surface area contributed by atoms with Crippen LogP contribution >= 0.6 is 0 Å². The number of amidine groups is 1. The summed E-state index contributed by atoms with van der Waals surface area (Å²) in [6, 6.07) is 0. The van der Waals surface area contributed by atoms with E-state index in [1.54, 1.807) is 20.8 Å². The quantitative estimate of drug-likeness (QED) is 0.503. The van der Waals surface area contributed by atoms with Gasteiger partial charge in [0, 0.05) is 11.3 Å². The third kappa shape index (κ3) is 5.38. The molecule has 0 saturated heterocycles. The van der Waals surface area contributed by atoms with Crippen LogP contribution in [0.3, 0.4) is 0 Å². The fraction of sp³-hybridized carbons (Fsp3) is 0.667. The lowest BCUT2D eigenvalue weighted by Gasteiger charge is -2.34. The van der Waals surface area contributed by atoms with Gasteiger partial charge in [-0.1, -0.05) is 0 Å². The molecule has 0 aromatic carbocycles. The predicted molar refractivity (Wildman–Crippen MR) is 86.5 cm³/mol. The number of hydrogen-bond donors (Lipinski definition) is 3. The van der Waals surface area contributed by atoms with E-state index in [9.17, 15) is 9.59 Å². The Hall–Kier alpha value is -2.05. The number of carbonyl (C=O) groups excluding carboxylic acids is 2. The minimum absolute atomic E-state index is 0.105. The second-order valence-electron chi connectivity index (χ2n) is 6.84. The third-order valence-electron chi connectivity index (χ3n) is 2.91. The van der Waals surface area contributed by atoms with Gasteiger partial charge in [0.1, 0.15) is 17.2 Å². The molecule has 1 heterocycles. The number of amides is 1. The van der Waals surface area contributed by atoms with Crippen LogP contribution in [0, 0.1) is 5.41 Å². The number of nitrogens with zero attached hydrogens (tertiary/aromatic N) is 1. The summed E-state index contributed by atoms with van der Waals surface area (Å²) >= 11 is 0. The third-order valence-corrected chi connectivity index (χ3v) is 2.91. The van der Waals surface area contributed by atoms with Gasteiger partial charge in [0.25, 0.3) is 0 Å². The number of nitrogens with one attached hydrogen (secondary N) is 1. The number of Topliss-reactive ketones (excluding diaryl/α,β-unsaturated/α-hetero) is 1. The second-order valence-corrected chi connectivity index (χ2v) is 6.84. The van der Waals surface area contributed by atoms with E-state index in [1.165, 1.54) is 18.7 Å². The van der Waals surface area contributed by atoms with Gasteiger partial charge < -0.3 is 21.0 Å². The zero-order valence-corrected chi connectivity index (χ0v) is 14.5. The topological polar surface area (TPSA) is 122 Å². The van der Waals surface area contributed by atoms with Crippen molar-refractivity contribution in [2.45, 2.75) is 59.6 Å². The molecular weight excluding hydrogens is 284 g/mol. The van der Waals surface area contributed by atoms with E-state index in [1.807, 2.05) is 13.8 Å². The summed E-state index contributed by atoms with van der Waals surface area (Å²) in [4.78, 5) is 23.0. The van der Waals surface area contributed by atoms with Crippen LogP contribution < -0.4 is 11.5 Å². The molecule has 126 valence electrons. The smallest absolute Gasteiger partial charge is 0.411 e. The van der Waals surface area contributed by atoms with Gasteiger partial charge in [-0.3, -0.25) is 10.3 Å². The molecule has 0 bridgehead atoms. The molecule has 0 aromatic rings.